The molecule has 4 rings (SSSR count). The van der Waals surface area contributed by atoms with Crippen LogP contribution in [0, 0.1) is 23.7 Å². The van der Waals surface area contributed by atoms with Crippen molar-refractivity contribution in [3.05, 3.63) is 30.3 Å². The van der Waals surface area contributed by atoms with Crippen LogP contribution in [0.2, 0.25) is 0 Å². The molecule has 0 unspecified atom stereocenters. The fraction of sp³-hybridized carbons (Fsp3) is 0.467. The van der Waals surface area contributed by atoms with E-state index in [9.17, 15) is 14.7 Å². The van der Waals surface area contributed by atoms with E-state index in [0.29, 0.717) is 0 Å². The van der Waals surface area contributed by atoms with Crippen LogP contribution in [0.15, 0.2) is 35.2 Å². The molecule has 3 fully saturated rings. The van der Waals surface area contributed by atoms with Crippen LogP contribution in [0.1, 0.15) is 6.42 Å². The van der Waals surface area contributed by atoms with Gasteiger partial charge in [0.25, 0.3) is 0 Å². The lowest BCUT2D eigenvalue weighted by Gasteiger charge is -2.29. The third kappa shape index (κ3) is 1.56. The van der Waals surface area contributed by atoms with Crippen molar-refractivity contribution in [2.24, 2.45) is 23.7 Å². The van der Waals surface area contributed by atoms with E-state index in [-0.39, 0.29) is 29.2 Å². The van der Waals surface area contributed by atoms with E-state index >= 15 is 0 Å². The van der Waals surface area contributed by atoms with Gasteiger partial charge in [-0.1, -0.05) is 18.2 Å². The number of carbonyl (C=O) groups excluding carboxylic acids is 1. The minimum atomic E-state index is -0.849. The average molecular weight is 290 g/mol. The predicted octanol–water partition coefficient (Wildman–Crippen LogP) is 2.04. The van der Waals surface area contributed by atoms with Gasteiger partial charge >= 0.3 is 11.9 Å². The highest BCUT2D eigenvalue weighted by Crippen LogP contribution is 2.61. The van der Waals surface area contributed by atoms with Crippen LogP contribution in [0.4, 0.5) is 0 Å². The maximum atomic E-state index is 11.9. The first kappa shape index (κ1) is 12.3. The monoisotopic (exact) mass is 290 g/mol. The predicted molar refractivity (Wildman–Crippen MR) is 72.2 cm³/mol. The van der Waals surface area contributed by atoms with Crippen molar-refractivity contribution >= 4 is 23.7 Å². The summed E-state index contributed by atoms with van der Waals surface area (Å²) in [5.41, 5.74) is 0. The molecule has 104 valence electrons. The summed E-state index contributed by atoms with van der Waals surface area (Å²) >= 11 is 1.66. The van der Waals surface area contributed by atoms with Crippen LogP contribution in [0.5, 0.6) is 0 Å². The topological polar surface area (TPSA) is 63.6 Å². The van der Waals surface area contributed by atoms with Gasteiger partial charge in [0.1, 0.15) is 6.10 Å². The SMILES string of the molecule is O=C(O)[C@@H]1[C@@H]2C[C@@H]3[C@H](OC(=O)[C@@H]31)[C@H]2Sc1ccccc1. The van der Waals surface area contributed by atoms with Crippen LogP contribution in [0.3, 0.4) is 0 Å². The Morgan fingerprint density at radius 1 is 1.25 bits per heavy atom. The molecule has 4 nitrogen and oxygen atoms in total. The molecule has 1 N–H and O–H groups in total. The normalized spacial score (nSPS) is 40.9. The van der Waals surface area contributed by atoms with Crippen LogP contribution in [-0.4, -0.2) is 28.4 Å². The van der Waals surface area contributed by atoms with Crippen molar-refractivity contribution in [3.8, 4) is 0 Å². The summed E-state index contributed by atoms with van der Waals surface area (Å²) in [6.07, 6.45) is 0.709. The number of carbonyl (C=O) groups is 2. The Balaban J connectivity index is 1.66. The van der Waals surface area contributed by atoms with Gasteiger partial charge in [0, 0.05) is 10.8 Å². The van der Waals surface area contributed by atoms with Crippen molar-refractivity contribution in [2.75, 3.05) is 0 Å². The van der Waals surface area contributed by atoms with Crippen LogP contribution in [0.25, 0.3) is 0 Å². The highest BCUT2D eigenvalue weighted by atomic mass is 32.2. The Bertz CT molecular complexity index is 572. The van der Waals surface area contributed by atoms with Gasteiger partial charge in [-0.05, 0) is 24.5 Å². The molecule has 2 saturated carbocycles. The van der Waals surface area contributed by atoms with Crippen molar-refractivity contribution in [1.29, 1.82) is 0 Å². The quantitative estimate of drug-likeness (QED) is 0.863. The van der Waals surface area contributed by atoms with Gasteiger partial charge in [0.2, 0.25) is 0 Å². The molecule has 3 aliphatic rings. The molecule has 1 aliphatic heterocycles. The van der Waals surface area contributed by atoms with Gasteiger partial charge in [-0.3, -0.25) is 9.59 Å². The second-order valence-corrected chi connectivity index (χ2v) is 7.00. The summed E-state index contributed by atoms with van der Waals surface area (Å²) in [6.45, 7) is 0. The van der Waals surface area contributed by atoms with E-state index in [2.05, 4.69) is 0 Å². The van der Waals surface area contributed by atoms with Crippen molar-refractivity contribution < 1.29 is 19.4 Å². The summed E-state index contributed by atoms with van der Waals surface area (Å²) in [4.78, 5) is 24.5. The average Bonchev–Trinajstić information content (AvgIpc) is 3.03. The summed E-state index contributed by atoms with van der Waals surface area (Å²) in [5.74, 6) is -1.97. The lowest BCUT2D eigenvalue weighted by atomic mass is 9.80. The second kappa shape index (κ2) is 4.25. The highest BCUT2D eigenvalue weighted by molar-refractivity contribution is 8.00. The van der Waals surface area contributed by atoms with E-state index in [0.717, 1.165) is 11.3 Å². The fourth-order valence-corrected chi connectivity index (χ4v) is 5.62. The van der Waals surface area contributed by atoms with Gasteiger partial charge in [-0.25, -0.2) is 0 Å². The summed E-state index contributed by atoms with van der Waals surface area (Å²) in [7, 11) is 0. The first-order valence-electron chi connectivity index (χ1n) is 6.82. The molecule has 6 atom stereocenters. The van der Waals surface area contributed by atoms with Crippen molar-refractivity contribution in [3.63, 3.8) is 0 Å². The molecule has 0 amide bonds. The van der Waals surface area contributed by atoms with E-state index in [1.807, 2.05) is 30.3 Å². The smallest absolute Gasteiger partial charge is 0.310 e. The number of carboxylic acids is 1. The molecule has 1 saturated heterocycles. The minimum absolute atomic E-state index is 0.0455. The Labute approximate surface area is 120 Å². The number of hydrogen-bond acceptors (Lipinski definition) is 4. The third-order valence-electron chi connectivity index (χ3n) is 4.85. The van der Waals surface area contributed by atoms with Crippen LogP contribution >= 0.6 is 11.8 Å². The molecule has 20 heavy (non-hydrogen) atoms. The minimum Gasteiger partial charge on any atom is -0.481 e. The Hall–Kier alpha value is -1.49. The number of thioether (sulfide) groups is 1. The van der Waals surface area contributed by atoms with Gasteiger partial charge in [-0.15, -0.1) is 11.8 Å². The maximum Gasteiger partial charge on any atom is 0.310 e. The van der Waals surface area contributed by atoms with Crippen molar-refractivity contribution in [1.82, 2.24) is 0 Å². The standard InChI is InChI=1S/C15H14O4S/c16-14(17)10-9-6-8-11(10)15(18)19-12(8)13(9)20-7-4-2-1-3-5-7/h1-5,8-13H,6H2,(H,16,17)/t8-,9-,10+,11-,12-,13-/m0/s1. The number of hydrogen-bond donors (Lipinski definition) is 1. The second-order valence-electron chi connectivity index (χ2n) is 5.75. The molecule has 2 aliphatic carbocycles. The number of fused-ring (bicyclic) bond motifs is 1. The zero-order chi connectivity index (χ0) is 13.9. The summed E-state index contributed by atoms with van der Waals surface area (Å²) < 4.78 is 5.48. The molecular formula is C15H14O4S. The molecule has 0 spiro atoms. The zero-order valence-electron chi connectivity index (χ0n) is 10.6. The lowest BCUT2D eigenvalue weighted by molar-refractivity contribution is -0.151. The van der Waals surface area contributed by atoms with E-state index in [1.54, 1.807) is 11.8 Å². The fourth-order valence-electron chi connectivity index (χ4n) is 4.14. The van der Waals surface area contributed by atoms with Crippen LogP contribution in [-0.2, 0) is 14.3 Å². The number of aliphatic carboxylic acids is 1. The summed E-state index contributed by atoms with van der Waals surface area (Å²) in [5, 5.41) is 9.52. The van der Waals surface area contributed by atoms with Crippen LogP contribution < -0.4 is 0 Å². The van der Waals surface area contributed by atoms with E-state index < -0.39 is 17.8 Å². The van der Waals surface area contributed by atoms with E-state index in [1.165, 1.54) is 0 Å². The number of esters is 1. The maximum absolute atomic E-state index is 11.9. The molecule has 1 aromatic rings. The van der Waals surface area contributed by atoms with E-state index in [4.69, 9.17) is 4.74 Å². The molecular weight excluding hydrogens is 276 g/mol. The molecule has 1 aromatic carbocycles. The van der Waals surface area contributed by atoms with Gasteiger partial charge in [-0.2, -0.15) is 0 Å². The Morgan fingerprint density at radius 2 is 2.00 bits per heavy atom. The lowest BCUT2D eigenvalue weighted by Crippen LogP contribution is -2.39. The Morgan fingerprint density at radius 3 is 2.70 bits per heavy atom. The zero-order valence-corrected chi connectivity index (χ0v) is 11.5. The third-order valence-corrected chi connectivity index (χ3v) is 6.28. The largest absolute Gasteiger partial charge is 0.481 e. The number of carboxylic acid groups (broad SMARTS) is 1. The first-order valence-corrected chi connectivity index (χ1v) is 7.70. The molecule has 0 radical (unpaired) electrons. The Kier molecular flexibility index (Phi) is 2.61. The van der Waals surface area contributed by atoms with Crippen molar-refractivity contribution in [2.45, 2.75) is 22.7 Å². The number of rotatable bonds is 3. The summed E-state index contributed by atoms with van der Waals surface area (Å²) in [6, 6.07) is 9.92. The molecule has 5 heteroatoms. The van der Waals surface area contributed by atoms with Gasteiger partial charge in [0.05, 0.1) is 17.1 Å². The van der Waals surface area contributed by atoms with Gasteiger partial charge < -0.3 is 9.84 Å². The number of ether oxygens (including phenoxy) is 1. The first-order chi connectivity index (χ1) is 9.66. The number of benzene rings is 1. The molecule has 0 aromatic heterocycles. The highest BCUT2D eigenvalue weighted by Gasteiger charge is 2.68. The van der Waals surface area contributed by atoms with Gasteiger partial charge in [0.15, 0.2) is 0 Å². The molecule has 1 heterocycles. The molecule has 2 bridgehead atoms.